The van der Waals surface area contributed by atoms with Crippen molar-refractivity contribution in [3.63, 3.8) is 0 Å². The van der Waals surface area contributed by atoms with Crippen LogP contribution in [0.1, 0.15) is 69.9 Å². The SMILES string of the molecule is CC=CC1CC=C(c2ccc(-c3ccc(-c4ccc(CCCCCC)c(F)c4F)cc3)c(F)c2)CC1. The average Bonchev–Trinajstić information content (AvgIpc) is 2.90. The molecule has 0 saturated carbocycles. The average molecular weight is 489 g/mol. The zero-order valence-corrected chi connectivity index (χ0v) is 21.3. The van der Waals surface area contributed by atoms with E-state index in [1.165, 1.54) is 5.57 Å². The van der Waals surface area contributed by atoms with E-state index in [1.807, 2.05) is 19.1 Å². The third kappa shape index (κ3) is 6.00. The number of halogens is 3. The molecule has 4 rings (SSSR count). The Morgan fingerprint density at radius 3 is 2.14 bits per heavy atom. The highest BCUT2D eigenvalue weighted by molar-refractivity contribution is 5.74. The maximum Gasteiger partial charge on any atom is 0.166 e. The Labute approximate surface area is 213 Å². The van der Waals surface area contributed by atoms with Crippen LogP contribution in [0.5, 0.6) is 0 Å². The van der Waals surface area contributed by atoms with Crippen LogP contribution in [0.4, 0.5) is 13.2 Å². The molecule has 36 heavy (non-hydrogen) atoms. The molecule has 1 atom stereocenters. The van der Waals surface area contributed by atoms with Crippen molar-refractivity contribution in [2.24, 2.45) is 5.92 Å². The second kappa shape index (κ2) is 12.3. The van der Waals surface area contributed by atoms with Gasteiger partial charge in [-0.25, -0.2) is 13.2 Å². The topological polar surface area (TPSA) is 0 Å². The fraction of sp³-hybridized carbons (Fsp3) is 0.333. The minimum atomic E-state index is -0.816. The zero-order chi connectivity index (χ0) is 25.5. The largest absolute Gasteiger partial charge is 0.206 e. The number of hydrogen-bond donors (Lipinski definition) is 0. The summed E-state index contributed by atoms with van der Waals surface area (Å²) in [6.07, 6.45) is 14.2. The van der Waals surface area contributed by atoms with E-state index in [0.717, 1.165) is 50.5 Å². The van der Waals surface area contributed by atoms with E-state index in [9.17, 15) is 8.78 Å². The summed E-state index contributed by atoms with van der Waals surface area (Å²) in [6, 6.07) is 15.7. The molecule has 3 heteroatoms. The Morgan fingerprint density at radius 2 is 1.50 bits per heavy atom. The van der Waals surface area contributed by atoms with Crippen molar-refractivity contribution in [1.82, 2.24) is 0 Å². The Kier molecular flexibility index (Phi) is 8.85. The summed E-state index contributed by atoms with van der Waals surface area (Å²) in [5, 5.41) is 0. The molecule has 0 fully saturated rings. The van der Waals surface area contributed by atoms with Crippen molar-refractivity contribution in [2.75, 3.05) is 0 Å². The summed E-state index contributed by atoms with van der Waals surface area (Å²) in [7, 11) is 0. The van der Waals surface area contributed by atoms with Gasteiger partial charge in [0.2, 0.25) is 0 Å². The van der Waals surface area contributed by atoms with Crippen LogP contribution < -0.4 is 0 Å². The minimum absolute atomic E-state index is 0.229. The minimum Gasteiger partial charge on any atom is -0.206 e. The molecule has 0 radical (unpaired) electrons. The molecule has 0 heterocycles. The molecule has 3 aromatic rings. The molecule has 0 aromatic heterocycles. The maximum absolute atomic E-state index is 15.1. The van der Waals surface area contributed by atoms with Crippen LogP contribution in [0.15, 0.2) is 72.8 Å². The van der Waals surface area contributed by atoms with E-state index < -0.39 is 11.6 Å². The van der Waals surface area contributed by atoms with Gasteiger partial charge < -0.3 is 0 Å². The first-order valence-corrected chi connectivity index (χ1v) is 13.2. The summed E-state index contributed by atoms with van der Waals surface area (Å²) in [5.74, 6) is -1.28. The fourth-order valence-corrected chi connectivity index (χ4v) is 5.09. The van der Waals surface area contributed by atoms with Crippen molar-refractivity contribution < 1.29 is 13.2 Å². The number of rotatable bonds is 9. The normalized spacial score (nSPS) is 15.9. The molecule has 0 N–H and O–H groups in total. The molecule has 1 unspecified atom stereocenters. The number of unbranched alkanes of at least 4 members (excludes halogenated alkanes) is 3. The van der Waals surface area contributed by atoms with Crippen molar-refractivity contribution in [3.8, 4) is 22.3 Å². The quantitative estimate of drug-likeness (QED) is 0.208. The number of hydrogen-bond acceptors (Lipinski definition) is 0. The third-order valence-electron chi connectivity index (χ3n) is 7.22. The smallest absolute Gasteiger partial charge is 0.166 e. The number of benzene rings is 3. The lowest BCUT2D eigenvalue weighted by Gasteiger charge is -2.20. The Morgan fingerprint density at radius 1 is 0.806 bits per heavy atom. The van der Waals surface area contributed by atoms with E-state index in [-0.39, 0.29) is 11.4 Å². The molecule has 0 amide bonds. The molecule has 0 nitrogen and oxygen atoms in total. The summed E-state index contributed by atoms with van der Waals surface area (Å²) in [6.45, 7) is 4.17. The van der Waals surface area contributed by atoms with Gasteiger partial charge in [-0.3, -0.25) is 0 Å². The van der Waals surface area contributed by atoms with Crippen molar-refractivity contribution in [3.05, 3.63) is 101 Å². The summed E-state index contributed by atoms with van der Waals surface area (Å²) < 4.78 is 44.6. The summed E-state index contributed by atoms with van der Waals surface area (Å²) in [4.78, 5) is 0. The zero-order valence-electron chi connectivity index (χ0n) is 21.3. The molecule has 188 valence electrons. The van der Waals surface area contributed by atoms with Gasteiger partial charge in [-0.15, -0.1) is 0 Å². The van der Waals surface area contributed by atoms with Gasteiger partial charge in [0, 0.05) is 11.1 Å². The molecule has 0 bridgehead atoms. The lowest BCUT2D eigenvalue weighted by atomic mass is 9.86. The molecular formula is C33H35F3. The highest BCUT2D eigenvalue weighted by Crippen LogP contribution is 2.34. The van der Waals surface area contributed by atoms with Crippen molar-refractivity contribution >= 4 is 5.57 Å². The first-order chi connectivity index (χ1) is 17.5. The van der Waals surface area contributed by atoms with Gasteiger partial charge in [-0.05, 0) is 78.8 Å². The molecule has 1 aliphatic rings. The predicted octanol–water partition coefficient (Wildman–Crippen LogP) is 10.3. The Balaban J connectivity index is 1.49. The van der Waals surface area contributed by atoms with E-state index >= 15 is 4.39 Å². The third-order valence-corrected chi connectivity index (χ3v) is 7.22. The van der Waals surface area contributed by atoms with E-state index in [2.05, 4.69) is 25.2 Å². The lowest BCUT2D eigenvalue weighted by Crippen LogP contribution is -2.02. The van der Waals surface area contributed by atoms with Crippen LogP contribution in [0.3, 0.4) is 0 Å². The van der Waals surface area contributed by atoms with Gasteiger partial charge in [-0.1, -0.05) is 92.9 Å². The molecular weight excluding hydrogens is 453 g/mol. The predicted molar refractivity (Wildman–Crippen MR) is 145 cm³/mol. The van der Waals surface area contributed by atoms with Crippen molar-refractivity contribution in [1.29, 1.82) is 0 Å². The Hall–Kier alpha value is -3.07. The second-order valence-corrected chi connectivity index (χ2v) is 9.77. The highest BCUT2D eigenvalue weighted by atomic mass is 19.2. The van der Waals surface area contributed by atoms with Gasteiger partial charge in [0.25, 0.3) is 0 Å². The van der Waals surface area contributed by atoms with Gasteiger partial charge in [0.05, 0.1) is 0 Å². The second-order valence-electron chi connectivity index (χ2n) is 9.77. The summed E-state index contributed by atoms with van der Waals surface area (Å²) in [5.41, 5.74) is 4.57. The monoisotopic (exact) mass is 488 g/mol. The van der Waals surface area contributed by atoms with Crippen LogP contribution >= 0.6 is 0 Å². The maximum atomic E-state index is 15.1. The van der Waals surface area contributed by atoms with Gasteiger partial charge in [0.15, 0.2) is 11.6 Å². The van der Waals surface area contributed by atoms with E-state index in [4.69, 9.17) is 0 Å². The molecule has 3 aromatic carbocycles. The van der Waals surface area contributed by atoms with Crippen molar-refractivity contribution in [2.45, 2.75) is 65.2 Å². The van der Waals surface area contributed by atoms with Crippen LogP contribution in [0, 0.1) is 23.4 Å². The van der Waals surface area contributed by atoms with Crippen LogP contribution in [-0.2, 0) is 6.42 Å². The highest BCUT2D eigenvalue weighted by Gasteiger charge is 2.17. The van der Waals surface area contributed by atoms with Crippen LogP contribution in [-0.4, -0.2) is 0 Å². The standard InChI is InChI=1S/C33H35F3/c1-3-5-6-7-9-27-18-21-30(33(36)32(27)35)26-16-14-25(15-17-26)29-20-19-28(22-31(29)34)24-12-10-23(8-4-2)11-13-24/h4,8,12,14-23H,3,5-7,9-11,13H2,1-2H3. The number of allylic oxidation sites excluding steroid dienone is 4. The van der Waals surface area contributed by atoms with Crippen LogP contribution in [0.2, 0.25) is 0 Å². The first-order valence-electron chi connectivity index (χ1n) is 13.2. The van der Waals surface area contributed by atoms with Gasteiger partial charge >= 0.3 is 0 Å². The van der Waals surface area contributed by atoms with E-state index in [0.29, 0.717) is 34.6 Å². The van der Waals surface area contributed by atoms with Crippen LogP contribution in [0.25, 0.3) is 27.8 Å². The van der Waals surface area contributed by atoms with Gasteiger partial charge in [-0.2, -0.15) is 0 Å². The lowest BCUT2D eigenvalue weighted by molar-refractivity contribution is 0.498. The van der Waals surface area contributed by atoms with E-state index in [1.54, 1.807) is 42.5 Å². The molecule has 0 aliphatic heterocycles. The summed E-state index contributed by atoms with van der Waals surface area (Å²) >= 11 is 0. The number of aryl methyl sites for hydroxylation is 1. The molecule has 0 spiro atoms. The molecule has 1 aliphatic carbocycles. The Bertz CT molecular complexity index is 1230. The molecule has 0 saturated heterocycles. The first kappa shape index (κ1) is 26.0. The fourth-order valence-electron chi connectivity index (χ4n) is 5.09. The van der Waals surface area contributed by atoms with Gasteiger partial charge in [0.1, 0.15) is 5.82 Å².